The first kappa shape index (κ1) is 10.6. The highest BCUT2D eigenvalue weighted by Crippen LogP contribution is 2.29. The van der Waals surface area contributed by atoms with Crippen LogP contribution in [0.5, 0.6) is 0 Å². The van der Waals surface area contributed by atoms with Crippen LogP contribution in [-0.4, -0.2) is 18.8 Å². The monoisotopic (exact) mass is 207 g/mol. The Hall–Kier alpha value is -0.890. The smallest absolute Gasteiger partial charge is 0.124 e. The fourth-order valence-electron chi connectivity index (χ4n) is 2.24. The fourth-order valence-corrected chi connectivity index (χ4v) is 2.24. The second kappa shape index (κ2) is 3.93. The highest BCUT2D eigenvalue weighted by atomic mass is 19.1. The van der Waals surface area contributed by atoms with Gasteiger partial charge < -0.3 is 5.32 Å². The van der Waals surface area contributed by atoms with Crippen LogP contribution >= 0.6 is 0 Å². The normalized spacial score (nSPS) is 30.7. The van der Waals surface area contributed by atoms with E-state index in [0.29, 0.717) is 6.54 Å². The summed E-state index contributed by atoms with van der Waals surface area (Å²) in [6.45, 7) is 5.08. The van der Waals surface area contributed by atoms with Crippen molar-refractivity contribution in [2.24, 2.45) is 5.92 Å². The lowest BCUT2D eigenvalue weighted by Crippen LogP contribution is -2.30. The average molecular weight is 207 g/mol. The first-order valence-corrected chi connectivity index (χ1v) is 5.54. The molecule has 2 heteroatoms. The summed E-state index contributed by atoms with van der Waals surface area (Å²) in [6, 6.07) is 8.25. The van der Waals surface area contributed by atoms with Gasteiger partial charge in [0.1, 0.15) is 5.67 Å². The molecule has 1 saturated heterocycles. The van der Waals surface area contributed by atoms with Gasteiger partial charge in [-0.2, -0.15) is 0 Å². The van der Waals surface area contributed by atoms with Gasteiger partial charge in [-0.3, -0.25) is 0 Å². The van der Waals surface area contributed by atoms with Gasteiger partial charge in [0, 0.05) is 19.0 Å². The molecular weight excluding hydrogens is 189 g/mol. The summed E-state index contributed by atoms with van der Waals surface area (Å²) in [6.07, 6.45) is 0.840. The number of hydrogen-bond donors (Lipinski definition) is 1. The number of aryl methyl sites for hydroxylation is 1. The van der Waals surface area contributed by atoms with E-state index in [0.717, 1.165) is 13.0 Å². The number of hydrogen-bond acceptors (Lipinski definition) is 1. The predicted molar refractivity (Wildman–Crippen MR) is 60.8 cm³/mol. The molecule has 82 valence electrons. The first-order chi connectivity index (χ1) is 7.09. The molecule has 0 aromatic heterocycles. The minimum atomic E-state index is -1.05. The number of halogens is 1. The van der Waals surface area contributed by atoms with E-state index in [4.69, 9.17) is 0 Å². The molecule has 1 fully saturated rings. The summed E-state index contributed by atoms with van der Waals surface area (Å²) in [4.78, 5) is 0. The average Bonchev–Trinajstić information content (AvgIpc) is 2.50. The maximum Gasteiger partial charge on any atom is 0.124 e. The maximum atomic E-state index is 14.0. The third kappa shape index (κ3) is 2.20. The van der Waals surface area contributed by atoms with Crippen LogP contribution in [-0.2, 0) is 6.42 Å². The van der Waals surface area contributed by atoms with E-state index in [2.05, 4.69) is 24.4 Å². The Morgan fingerprint density at radius 3 is 2.80 bits per heavy atom. The van der Waals surface area contributed by atoms with Crippen molar-refractivity contribution in [3.8, 4) is 0 Å². The molecular formula is C13H18FN. The quantitative estimate of drug-likeness (QED) is 0.785. The lowest BCUT2D eigenvalue weighted by molar-refractivity contribution is 0.152. The molecule has 1 aliphatic heterocycles. The van der Waals surface area contributed by atoms with Crippen molar-refractivity contribution in [2.75, 3.05) is 13.1 Å². The number of alkyl halides is 1. The SMILES string of the molecule is Cc1ccccc1CC1CNCC1(C)F. The minimum Gasteiger partial charge on any atom is -0.313 e. The van der Waals surface area contributed by atoms with Crippen LogP contribution in [0.25, 0.3) is 0 Å². The van der Waals surface area contributed by atoms with E-state index in [1.54, 1.807) is 6.92 Å². The van der Waals surface area contributed by atoms with Crippen molar-refractivity contribution < 1.29 is 4.39 Å². The second-order valence-electron chi connectivity index (χ2n) is 4.74. The van der Waals surface area contributed by atoms with Crippen LogP contribution in [0.1, 0.15) is 18.1 Å². The molecule has 2 unspecified atom stereocenters. The van der Waals surface area contributed by atoms with Gasteiger partial charge in [0.15, 0.2) is 0 Å². The highest BCUT2D eigenvalue weighted by Gasteiger charge is 2.38. The first-order valence-electron chi connectivity index (χ1n) is 5.54. The van der Waals surface area contributed by atoms with Crippen LogP contribution in [0.2, 0.25) is 0 Å². The molecule has 0 aliphatic carbocycles. The Morgan fingerprint density at radius 1 is 1.47 bits per heavy atom. The third-order valence-electron chi connectivity index (χ3n) is 3.44. The minimum absolute atomic E-state index is 0.110. The molecule has 2 atom stereocenters. The number of nitrogens with one attached hydrogen (secondary N) is 1. The molecule has 0 amide bonds. The van der Waals surface area contributed by atoms with E-state index in [1.165, 1.54) is 11.1 Å². The summed E-state index contributed by atoms with van der Waals surface area (Å²) < 4.78 is 14.0. The van der Waals surface area contributed by atoms with E-state index < -0.39 is 5.67 Å². The zero-order valence-corrected chi connectivity index (χ0v) is 9.39. The van der Waals surface area contributed by atoms with Gasteiger partial charge in [0.2, 0.25) is 0 Å². The standard InChI is InChI=1S/C13H18FN/c1-10-5-3-4-6-11(10)7-12-8-15-9-13(12,2)14/h3-6,12,15H,7-9H2,1-2H3. The zero-order chi connectivity index (χ0) is 10.9. The van der Waals surface area contributed by atoms with Crippen molar-refractivity contribution in [1.29, 1.82) is 0 Å². The molecule has 15 heavy (non-hydrogen) atoms. The van der Waals surface area contributed by atoms with E-state index >= 15 is 0 Å². The Kier molecular flexibility index (Phi) is 2.79. The van der Waals surface area contributed by atoms with Crippen molar-refractivity contribution in [3.63, 3.8) is 0 Å². The highest BCUT2D eigenvalue weighted by molar-refractivity contribution is 5.26. The van der Waals surface area contributed by atoms with Crippen LogP contribution in [0, 0.1) is 12.8 Å². The molecule has 1 aromatic carbocycles. The largest absolute Gasteiger partial charge is 0.313 e. The van der Waals surface area contributed by atoms with Gasteiger partial charge in [-0.05, 0) is 31.4 Å². The van der Waals surface area contributed by atoms with Gasteiger partial charge in [0.05, 0.1) is 0 Å². The molecule has 0 radical (unpaired) electrons. The molecule has 1 heterocycles. The molecule has 1 aliphatic rings. The summed E-state index contributed by atoms with van der Waals surface area (Å²) >= 11 is 0. The Morgan fingerprint density at radius 2 is 2.20 bits per heavy atom. The van der Waals surface area contributed by atoms with E-state index in [-0.39, 0.29) is 5.92 Å². The van der Waals surface area contributed by atoms with Gasteiger partial charge in [-0.15, -0.1) is 0 Å². The van der Waals surface area contributed by atoms with Gasteiger partial charge in [-0.25, -0.2) is 4.39 Å². The van der Waals surface area contributed by atoms with Gasteiger partial charge >= 0.3 is 0 Å². The second-order valence-corrected chi connectivity index (χ2v) is 4.74. The summed E-state index contributed by atoms with van der Waals surface area (Å²) in [5.74, 6) is 0.110. The van der Waals surface area contributed by atoms with Crippen LogP contribution in [0.3, 0.4) is 0 Å². The third-order valence-corrected chi connectivity index (χ3v) is 3.44. The van der Waals surface area contributed by atoms with Crippen LogP contribution in [0.4, 0.5) is 4.39 Å². The molecule has 0 bridgehead atoms. The molecule has 1 N–H and O–H groups in total. The number of rotatable bonds is 2. The van der Waals surface area contributed by atoms with Crippen LogP contribution in [0.15, 0.2) is 24.3 Å². The zero-order valence-electron chi connectivity index (χ0n) is 9.39. The maximum absolute atomic E-state index is 14.0. The summed E-state index contributed by atoms with van der Waals surface area (Å²) in [5.41, 5.74) is 1.48. The summed E-state index contributed by atoms with van der Waals surface area (Å²) in [5, 5.41) is 3.13. The van der Waals surface area contributed by atoms with Crippen LogP contribution < -0.4 is 5.32 Å². The predicted octanol–water partition coefficient (Wildman–Crippen LogP) is 2.49. The Balaban J connectivity index is 2.12. The molecule has 0 spiro atoms. The number of benzene rings is 1. The van der Waals surface area contributed by atoms with Gasteiger partial charge in [-0.1, -0.05) is 24.3 Å². The Labute approximate surface area is 90.7 Å². The van der Waals surface area contributed by atoms with Crippen molar-refractivity contribution in [3.05, 3.63) is 35.4 Å². The molecule has 0 saturated carbocycles. The fraction of sp³-hybridized carbons (Fsp3) is 0.538. The van der Waals surface area contributed by atoms with Crippen molar-refractivity contribution >= 4 is 0 Å². The topological polar surface area (TPSA) is 12.0 Å². The van der Waals surface area contributed by atoms with E-state index in [1.807, 2.05) is 12.1 Å². The lowest BCUT2D eigenvalue weighted by Gasteiger charge is -2.22. The molecule has 1 nitrogen and oxygen atoms in total. The summed E-state index contributed by atoms with van der Waals surface area (Å²) in [7, 11) is 0. The van der Waals surface area contributed by atoms with E-state index in [9.17, 15) is 4.39 Å². The van der Waals surface area contributed by atoms with Crippen molar-refractivity contribution in [1.82, 2.24) is 5.32 Å². The lowest BCUT2D eigenvalue weighted by atomic mass is 9.87. The molecule has 1 aromatic rings. The van der Waals surface area contributed by atoms with Gasteiger partial charge in [0.25, 0.3) is 0 Å². The van der Waals surface area contributed by atoms with Crippen molar-refractivity contribution in [2.45, 2.75) is 25.9 Å². The Bertz CT molecular complexity index is 346. The molecule has 2 rings (SSSR count).